The second kappa shape index (κ2) is 4.77. The molecule has 15 heavy (non-hydrogen) atoms. The van der Waals surface area contributed by atoms with Crippen molar-refractivity contribution in [1.29, 1.82) is 0 Å². The molecule has 0 heterocycles. The van der Waals surface area contributed by atoms with Gasteiger partial charge in [-0.1, -0.05) is 35.0 Å². The van der Waals surface area contributed by atoms with Crippen molar-refractivity contribution in [2.75, 3.05) is 0 Å². The Hall–Kier alpha value is -0.870. The van der Waals surface area contributed by atoms with Crippen LogP contribution in [0.3, 0.4) is 0 Å². The molecule has 3 N–H and O–H groups in total. The van der Waals surface area contributed by atoms with Gasteiger partial charge in [0.25, 0.3) is 0 Å². The van der Waals surface area contributed by atoms with Crippen molar-refractivity contribution >= 4 is 21.8 Å². The van der Waals surface area contributed by atoms with E-state index in [-0.39, 0.29) is 6.42 Å². The monoisotopic (exact) mass is 271 g/mol. The molecular weight excluding hydrogens is 258 g/mol. The van der Waals surface area contributed by atoms with Crippen LogP contribution < -0.4 is 5.73 Å². The number of primary amides is 1. The van der Waals surface area contributed by atoms with Gasteiger partial charge >= 0.3 is 0 Å². The average Bonchev–Trinajstić information content (AvgIpc) is 2.17. The van der Waals surface area contributed by atoms with Crippen molar-refractivity contribution in [2.45, 2.75) is 25.4 Å². The maximum atomic E-state index is 10.9. The van der Waals surface area contributed by atoms with Crippen LogP contribution in [-0.2, 0) is 10.4 Å². The fourth-order valence-electron chi connectivity index (χ4n) is 1.48. The molecule has 1 amide bonds. The molecule has 0 aliphatic carbocycles. The zero-order valence-corrected chi connectivity index (χ0v) is 10.1. The van der Waals surface area contributed by atoms with Crippen molar-refractivity contribution in [3.05, 3.63) is 34.3 Å². The van der Waals surface area contributed by atoms with E-state index in [2.05, 4.69) is 15.9 Å². The second-order valence-corrected chi connectivity index (χ2v) is 4.45. The molecule has 0 fully saturated rings. The predicted octanol–water partition coefficient (Wildman–Crippen LogP) is 1.92. The molecule has 0 aliphatic heterocycles. The maximum absolute atomic E-state index is 10.9. The average molecular weight is 272 g/mol. The molecule has 0 bridgehead atoms. The minimum atomic E-state index is -1.15. The van der Waals surface area contributed by atoms with E-state index in [0.717, 1.165) is 4.47 Å². The first kappa shape index (κ1) is 12.2. The summed E-state index contributed by atoms with van der Waals surface area (Å²) in [5, 5.41) is 10.2. The van der Waals surface area contributed by atoms with Crippen LogP contribution in [0, 0.1) is 0 Å². The van der Waals surface area contributed by atoms with Gasteiger partial charge in [0.1, 0.15) is 0 Å². The Morgan fingerprint density at radius 1 is 1.47 bits per heavy atom. The smallest absolute Gasteiger partial charge is 0.220 e. The fraction of sp³-hybridized carbons (Fsp3) is 0.364. The Bertz CT molecular complexity index is 350. The molecule has 1 rings (SSSR count). The topological polar surface area (TPSA) is 63.3 Å². The number of hydrogen-bond donors (Lipinski definition) is 2. The number of carbonyl (C=O) groups is 1. The van der Waals surface area contributed by atoms with Gasteiger partial charge in [0, 0.05) is 4.47 Å². The standard InChI is InChI=1S/C11H14BrNO2/c1-2-11(15,7-10(13)14)8-3-5-9(12)6-4-8/h3-6,15H,2,7H2,1H3,(H2,13,14). The molecule has 0 aliphatic rings. The molecular formula is C11H14BrNO2. The number of benzene rings is 1. The summed E-state index contributed by atoms with van der Waals surface area (Å²) in [6.45, 7) is 1.82. The van der Waals surface area contributed by atoms with Gasteiger partial charge in [0.05, 0.1) is 12.0 Å². The van der Waals surface area contributed by atoms with Gasteiger partial charge in [-0.15, -0.1) is 0 Å². The summed E-state index contributed by atoms with van der Waals surface area (Å²) in [4.78, 5) is 10.9. The number of carbonyl (C=O) groups excluding carboxylic acids is 1. The summed E-state index contributed by atoms with van der Waals surface area (Å²) in [6.07, 6.45) is 0.405. The molecule has 4 heteroatoms. The first-order valence-corrected chi connectivity index (χ1v) is 5.54. The van der Waals surface area contributed by atoms with E-state index in [1.54, 1.807) is 12.1 Å². The third-order valence-electron chi connectivity index (χ3n) is 2.43. The van der Waals surface area contributed by atoms with Crippen LogP contribution in [0.15, 0.2) is 28.7 Å². The van der Waals surface area contributed by atoms with Crippen molar-refractivity contribution in [2.24, 2.45) is 5.73 Å². The van der Waals surface area contributed by atoms with Crippen LogP contribution in [0.5, 0.6) is 0 Å². The number of rotatable bonds is 4. The Balaban J connectivity index is 3.00. The molecule has 3 nitrogen and oxygen atoms in total. The van der Waals surface area contributed by atoms with Gasteiger partial charge in [-0.25, -0.2) is 0 Å². The van der Waals surface area contributed by atoms with Crippen LogP contribution >= 0.6 is 15.9 Å². The van der Waals surface area contributed by atoms with E-state index < -0.39 is 11.5 Å². The Morgan fingerprint density at radius 2 is 2.00 bits per heavy atom. The van der Waals surface area contributed by atoms with Crippen LogP contribution in [0.25, 0.3) is 0 Å². The zero-order chi connectivity index (χ0) is 11.5. The molecule has 1 aromatic carbocycles. The van der Waals surface area contributed by atoms with Gasteiger partial charge < -0.3 is 10.8 Å². The second-order valence-electron chi connectivity index (χ2n) is 3.54. The lowest BCUT2D eigenvalue weighted by Crippen LogP contribution is -2.31. The molecule has 1 unspecified atom stereocenters. The molecule has 82 valence electrons. The fourth-order valence-corrected chi connectivity index (χ4v) is 1.74. The largest absolute Gasteiger partial charge is 0.385 e. The summed E-state index contributed by atoms with van der Waals surface area (Å²) in [5.74, 6) is -0.498. The normalized spacial score (nSPS) is 14.6. The van der Waals surface area contributed by atoms with Crippen molar-refractivity contribution < 1.29 is 9.90 Å². The number of amides is 1. The first-order valence-electron chi connectivity index (χ1n) is 4.74. The van der Waals surface area contributed by atoms with Gasteiger partial charge in [0.2, 0.25) is 5.91 Å². The SMILES string of the molecule is CCC(O)(CC(N)=O)c1ccc(Br)cc1. The number of hydrogen-bond acceptors (Lipinski definition) is 2. The highest BCUT2D eigenvalue weighted by atomic mass is 79.9. The predicted molar refractivity (Wildman–Crippen MR) is 62.1 cm³/mol. The third-order valence-corrected chi connectivity index (χ3v) is 2.96. The molecule has 0 saturated carbocycles. The lowest BCUT2D eigenvalue weighted by molar-refractivity contribution is -0.123. The maximum Gasteiger partial charge on any atom is 0.220 e. The summed E-state index contributed by atoms with van der Waals surface area (Å²) in [5.41, 5.74) is 4.68. The summed E-state index contributed by atoms with van der Waals surface area (Å²) in [6, 6.07) is 7.24. The minimum absolute atomic E-state index is 0.0505. The quantitative estimate of drug-likeness (QED) is 0.879. The first-order chi connectivity index (χ1) is 6.98. The zero-order valence-electron chi connectivity index (χ0n) is 8.53. The highest BCUT2D eigenvalue weighted by Gasteiger charge is 2.29. The van der Waals surface area contributed by atoms with Gasteiger partial charge in [-0.05, 0) is 24.1 Å². The van der Waals surface area contributed by atoms with E-state index in [9.17, 15) is 9.90 Å². The highest BCUT2D eigenvalue weighted by Crippen LogP contribution is 2.29. The molecule has 1 aromatic rings. The van der Waals surface area contributed by atoms with Crippen LogP contribution in [0.1, 0.15) is 25.3 Å². The van der Waals surface area contributed by atoms with E-state index >= 15 is 0 Å². The van der Waals surface area contributed by atoms with Gasteiger partial charge in [-0.3, -0.25) is 4.79 Å². The molecule has 1 atom stereocenters. The molecule has 0 spiro atoms. The Labute approximate surface area is 97.4 Å². The van der Waals surface area contributed by atoms with Gasteiger partial charge in [0.15, 0.2) is 0 Å². The summed E-state index contributed by atoms with van der Waals surface area (Å²) >= 11 is 3.31. The Kier molecular flexibility index (Phi) is 3.88. The van der Waals surface area contributed by atoms with E-state index in [4.69, 9.17) is 5.73 Å². The molecule has 0 saturated heterocycles. The number of halogens is 1. The molecule has 0 aromatic heterocycles. The lowest BCUT2D eigenvalue weighted by atomic mass is 9.88. The third kappa shape index (κ3) is 3.04. The number of aliphatic hydroxyl groups is 1. The summed E-state index contributed by atoms with van der Waals surface area (Å²) in [7, 11) is 0. The Morgan fingerprint density at radius 3 is 2.40 bits per heavy atom. The molecule has 0 radical (unpaired) electrons. The summed E-state index contributed by atoms with van der Waals surface area (Å²) < 4.78 is 0.934. The van der Waals surface area contributed by atoms with Crippen LogP contribution in [-0.4, -0.2) is 11.0 Å². The van der Waals surface area contributed by atoms with Crippen molar-refractivity contribution in [3.8, 4) is 0 Å². The van der Waals surface area contributed by atoms with Crippen molar-refractivity contribution in [1.82, 2.24) is 0 Å². The van der Waals surface area contributed by atoms with Gasteiger partial charge in [-0.2, -0.15) is 0 Å². The van der Waals surface area contributed by atoms with E-state index in [1.807, 2.05) is 19.1 Å². The highest BCUT2D eigenvalue weighted by molar-refractivity contribution is 9.10. The van der Waals surface area contributed by atoms with Crippen LogP contribution in [0.2, 0.25) is 0 Å². The van der Waals surface area contributed by atoms with Crippen molar-refractivity contribution in [3.63, 3.8) is 0 Å². The van der Waals surface area contributed by atoms with Crippen LogP contribution in [0.4, 0.5) is 0 Å². The number of nitrogens with two attached hydrogens (primary N) is 1. The van der Waals surface area contributed by atoms with E-state index in [0.29, 0.717) is 12.0 Å². The lowest BCUT2D eigenvalue weighted by Gasteiger charge is -2.25. The minimum Gasteiger partial charge on any atom is -0.385 e. The van der Waals surface area contributed by atoms with E-state index in [1.165, 1.54) is 0 Å².